The van der Waals surface area contributed by atoms with E-state index in [4.69, 9.17) is 20.4 Å². The number of hydrogen-bond acceptors (Lipinski definition) is 5. The highest BCUT2D eigenvalue weighted by atomic mass is 16.5. The average Bonchev–Trinajstić information content (AvgIpc) is 2.29. The SMILES string of the molecule is COCC(C)Oc1ccc(C(N)=NO)cn1. The number of ether oxygens (including phenoxy) is 2. The van der Waals surface area contributed by atoms with Crippen LogP contribution in [-0.2, 0) is 4.74 Å². The Labute approximate surface area is 93.7 Å². The Bertz CT molecular complexity index is 351. The minimum Gasteiger partial charge on any atom is -0.472 e. The van der Waals surface area contributed by atoms with Crippen molar-refractivity contribution in [3.63, 3.8) is 0 Å². The van der Waals surface area contributed by atoms with Gasteiger partial charge in [-0.2, -0.15) is 0 Å². The summed E-state index contributed by atoms with van der Waals surface area (Å²) in [5, 5.41) is 11.3. The quantitative estimate of drug-likeness (QED) is 0.331. The van der Waals surface area contributed by atoms with Gasteiger partial charge in [-0.25, -0.2) is 4.98 Å². The van der Waals surface area contributed by atoms with Gasteiger partial charge in [-0.05, 0) is 13.0 Å². The molecule has 88 valence electrons. The van der Waals surface area contributed by atoms with Gasteiger partial charge in [0.1, 0.15) is 6.10 Å². The van der Waals surface area contributed by atoms with Crippen molar-refractivity contribution in [2.45, 2.75) is 13.0 Å². The van der Waals surface area contributed by atoms with Gasteiger partial charge in [0.15, 0.2) is 5.84 Å². The molecule has 6 heteroatoms. The van der Waals surface area contributed by atoms with Crippen LogP contribution in [0.5, 0.6) is 5.88 Å². The molecule has 0 fully saturated rings. The van der Waals surface area contributed by atoms with E-state index in [2.05, 4.69) is 10.1 Å². The van der Waals surface area contributed by atoms with Crippen LogP contribution >= 0.6 is 0 Å². The summed E-state index contributed by atoms with van der Waals surface area (Å²) in [5.74, 6) is 0.489. The summed E-state index contributed by atoms with van der Waals surface area (Å²) in [6.45, 7) is 2.37. The second-order valence-corrected chi connectivity index (χ2v) is 3.25. The topological polar surface area (TPSA) is 90.0 Å². The average molecular weight is 225 g/mol. The molecule has 3 N–H and O–H groups in total. The Kier molecular flexibility index (Phi) is 4.53. The maximum absolute atomic E-state index is 8.46. The maximum atomic E-state index is 8.46. The summed E-state index contributed by atoms with van der Waals surface area (Å²) in [4.78, 5) is 4.02. The molecule has 1 atom stereocenters. The standard InChI is InChI=1S/C10H15N3O3/c1-7(6-15-2)16-9-4-3-8(5-12-9)10(11)13-14/h3-5,7,14H,6H2,1-2H3,(H2,11,13). The van der Waals surface area contributed by atoms with Crippen molar-refractivity contribution in [1.82, 2.24) is 4.98 Å². The van der Waals surface area contributed by atoms with E-state index >= 15 is 0 Å². The number of nitrogens with zero attached hydrogens (tertiary/aromatic N) is 2. The zero-order chi connectivity index (χ0) is 12.0. The third-order valence-corrected chi connectivity index (χ3v) is 1.86. The van der Waals surface area contributed by atoms with Crippen molar-refractivity contribution in [3.05, 3.63) is 23.9 Å². The third kappa shape index (κ3) is 3.39. The first-order valence-electron chi connectivity index (χ1n) is 4.77. The fraction of sp³-hybridized carbons (Fsp3) is 0.400. The lowest BCUT2D eigenvalue weighted by Crippen LogP contribution is -2.19. The lowest BCUT2D eigenvalue weighted by Gasteiger charge is -2.12. The van der Waals surface area contributed by atoms with Crippen LogP contribution in [0.15, 0.2) is 23.5 Å². The Morgan fingerprint density at radius 2 is 2.38 bits per heavy atom. The second-order valence-electron chi connectivity index (χ2n) is 3.25. The van der Waals surface area contributed by atoms with E-state index in [-0.39, 0.29) is 11.9 Å². The zero-order valence-electron chi connectivity index (χ0n) is 9.25. The summed E-state index contributed by atoms with van der Waals surface area (Å²) in [6, 6.07) is 3.32. The van der Waals surface area contributed by atoms with Crippen molar-refractivity contribution in [2.75, 3.05) is 13.7 Å². The monoisotopic (exact) mass is 225 g/mol. The molecule has 0 saturated heterocycles. The molecule has 0 radical (unpaired) electrons. The highest BCUT2D eigenvalue weighted by Crippen LogP contribution is 2.09. The molecule has 0 amide bonds. The molecular formula is C10H15N3O3. The number of amidine groups is 1. The van der Waals surface area contributed by atoms with Gasteiger partial charge < -0.3 is 20.4 Å². The number of methoxy groups -OCH3 is 1. The van der Waals surface area contributed by atoms with Crippen molar-refractivity contribution in [2.24, 2.45) is 10.9 Å². The van der Waals surface area contributed by atoms with Gasteiger partial charge >= 0.3 is 0 Å². The summed E-state index contributed by atoms with van der Waals surface area (Å²) >= 11 is 0. The first-order valence-corrected chi connectivity index (χ1v) is 4.77. The van der Waals surface area contributed by atoms with E-state index in [1.165, 1.54) is 6.20 Å². The number of hydrogen-bond donors (Lipinski definition) is 2. The molecule has 6 nitrogen and oxygen atoms in total. The summed E-state index contributed by atoms with van der Waals surface area (Å²) in [5.41, 5.74) is 5.93. The molecule has 0 bridgehead atoms. The molecule has 0 saturated carbocycles. The van der Waals surface area contributed by atoms with Crippen molar-refractivity contribution in [3.8, 4) is 5.88 Å². The molecule has 1 aromatic heterocycles. The maximum Gasteiger partial charge on any atom is 0.213 e. The molecule has 0 aromatic carbocycles. The number of oxime groups is 1. The molecule has 1 heterocycles. The van der Waals surface area contributed by atoms with E-state index in [9.17, 15) is 0 Å². The van der Waals surface area contributed by atoms with Crippen LogP contribution in [0.4, 0.5) is 0 Å². The van der Waals surface area contributed by atoms with Crippen LogP contribution in [0.2, 0.25) is 0 Å². The largest absolute Gasteiger partial charge is 0.472 e. The minimum absolute atomic E-state index is 0.0176. The fourth-order valence-corrected chi connectivity index (χ4v) is 1.13. The molecule has 0 aliphatic heterocycles. The second kappa shape index (κ2) is 5.92. The minimum atomic E-state index is -0.0767. The summed E-state index contributed by atoms with van der Waals surface area (Å²) in [6.07, 6.45) is 1.40. The molecule has 1 rings (SSSR count). The Morgan fingerprint density at radius 1 is 1.62 bits per heavy atom. The van der Waals surface area contributed by atoms with Crippen LogP contribution in [0.1, 0.15) is 12.5 Å². The van der Waals surface area contributed by atoms with Gasteiger partial charge in [0.25, 0.3) is 0 Å². The highest BCUT2D eigenvalue weighted by molar-refractivity contribution is 5.96. The lowest BCUT2D eigenvalue weighted by atomic mass is 10.3. The van der Waals surface area contributed by atoms with Crippen molar-refractivity contribution < 1.29 is 14.7 Å². The van der Waals surface area contributed by atoms with E-state index < -0.39 is 0 Å². The molecule has 16 heavy (non-hydrogen) atoms. The van der Waals surface area contributed by atoms with Crippen LogP contribution < -0.4 is 10.5 Å². The van der Waals surface area contributed by atoms with E-state index in [1.54, 1.807) is 19.2 Å². The Morgan fingerprint density at radius 3 is 2.88 bits per heavy atom. The van der Waals surface area contributed by atoms with Crippen molar-refractivity contribution >= 4 is 5.84 Å². The predicted octanol–water partition coefficient (Wildman–Crippen LogP) is 0.590. The smallest absolute Gasteiger partial charge is 0.213 e. The van der Waals surface area contributed by atoms with E-state index in [1.807, 2.05) is 6.92 Å². The zero-order valence-corrected chi connectivity index (χ0v) is 9.25. The molecule has 1 unspecified atom stereocenters. The van der Waals surface area contributed by atoms with Gasteiger partial charge in [0, 0.05) is 24.9 Å². The highest BCUT2D eigenvalue weighted by Gasteiger charge is 2.05. The lowest BCUT2D eigenvalue weighted by molar-refractivity contribution is 0.0890. The third-order valence-electron chi connectivity index (χ3n) is 1.86. The van der Waals surface area contributed by atoms with Crippen LogP contribution in [0.3, 0.4) is 0 Å². The molecule has 0 aliphatic rings. The van der Waals surface area contributed by atoms with Gasteiger partial charge in [-0.1, -0.05) is 5.16 Å². The Balaban J connectivity index is 2.64. The summed E-state index contributed by atoms with van der Waals surface area (Å²) in [7, 11) is 1.61. The van der Waals surface area contributed by atoms with Gasteiger partial charge in [-0.3, -0.25) is 0 Å². The van der Waals surface area contributed by atoms with E-state index in [0.29, 0.717) is 18.1 Å². The fourth-order valence-electron chi connectivity index (χ4n) is 1.13. The van der Waals surface area contributed by atoms with Gasteiger partial charge in [-0.15, -0.1) is 0 Å². The van der Waals surface area contributed by atoms with Crippen LogP contribution in [0.25, 0.3) is 0 Å². The van der Waals surface area contributed by atoms with Crippen molar-refractivity contribution in [1.29, 1.82) is 0 Å². The number of rotatable bonds is 5. The first-order chi connectivity index (χ1) is 7.67. The predicted molar refractivity (Wildman–Crippen MR) is 58.7 cm³/mol. The molecule has 0 aliphatic carbocycles. The normalized spacial score (nSPS) is 13.5. The van der Waals surface area contributed by atoms with E-state index in [0.717, 1.165) is 0 Å². The molecule has 0 spiro atoms. The molecular weight excluding hydrogens is 210 g/mol. The number of pyridine rings is 1. The van der Waals surface area contributed by atoms with Gasteiger partial charge in [0.2, 0.25) is 5.88 Å². The Hall–Kier alpha value is -1.82. The van der Waals surface area contributed by atoms with Crippen LogP contribution in [0, 0.1) is 0 Å². The summed E-state index contributed by atoms with van der Waals surface area (Å²) < 4.78 is 10.4. The number of nitrogens with two attached hydrogens (primary N) is 1. The van der Waals surface area contributed by atoms with Crippen LogP contribution in [-0.4, -0.2) is 35.8 Å². The molecule has 1 aromatic rings. The first kappa shape index (κ1) is 12.3. The van der Waals surface area contributed by atoms with Gasteiger partial charge in [0.05, 0.1) is 6.61 Å². The number of aromatic nitrogens is 1.